The highest BCUT2D eigenvalue weighted by Gasteiger charge is 2.13. The van der Waals surface area contributed by atoms with Gasteiger partial charge >= 0.3 is 0 Å². The van der Waals surface area contributed by atoms with Crippen molar-refractivity contribution in [3.8, 4) is 0 Å². The lowest BCUT2D eigenvalue weighted by Gasteiger charge is -2.17. The first-order valence-corrected chi connectivity index (χ1v) is 6.51. The Labute approximate surface area is 123 Å². The summed E-state index contributed by atoms with van der Waals surface area (Å²) >= 11 is 4.89. The maximum absolute atomic E-state index is 12.3. The second-order valence-corrected chi connectivity index (χ2v) is 5.00. The third kappa shape index (κ3) is 3.03. The van der Waals surface area contributed by atoms with Crippen molar-refractivity contribution >= 4 is 23.1 Å². The van der Waals surface area contributed by atoms with Crippen LogP contribution in [0.25, 0.3) is 0 Å². The van der Waals surface area contributed by atoms with Crippen molar-refractivity contribution in [2.24, 2.45) is 12.8 Å². The summed E-state index contributed by atoms with van der Waals surface area (Å²) in [5.74, 6) is 0.767. The van der Waals surface area contributed by atoms with E-state index in [4.69, 9.17) is 18.0 Å². The van der Waals surface area contributed by atoms with Crippen molar-refractivity contribution in [3.63, 3.8) is 0 Å². The van der Waals surface area contributed by atoms with Gasteiger partial charge in [0.15, 0.2) is 0 Å². The molecule has 0 spiro atoms. The molecule has 0 unspecified atom stereocenters. The second kappa shape index (κ2) is 5.83. The molecule has 0 bridgehead atoms. The van der Waals surface area contributed by atoms with Gasteiger partial charge in [0.1, 0.15) is 10.8 Å². The van der Waals surface area contributed by atoms with Crippen LogP contribution in [0.5, 0.6) is 0 Å². The summed E-state index contributed by atoms with van der Waals surface area (Å²) in [4.78, 5) is 18.4. The topological polar surface area (TPSA) is 64.2 Å². The molecule has 5 nitrogen and oxygen atoms in total. The van der Waals surface area contributed by atoms with E-state index in [2.05, 4.69) is 4.98 Å². The molecular weight excluding hydrogens is 272 g/mol. The van der Waals surface area contributed by atoms with Gasteiger partial charge in [-0.1, -0.05) is 24.4 Å². The molecule has 1 aromatic carbocycles. The van der Waals surface area contributed by atoms with Crippen LogP contribution in [0.15, 0.2) is 36.7 Å². The van der Waals surface area contributed by atoms with Gasteiger partial charge in [0.05, 0.1) is 6.54 Å². The molecule has 6 heteroatoms. The van der Waals surface area contributed by atoms with E-state index < -0.39 is 0 Å². The first-order chi connectivity index (χ1) is 9.49. The molecule has 1 amide bonds. The molecule has 2 aromatic rings. The average Bonchev–Trinajstić information content (AvgIpc) is 2.83. The molecule has 0 aliphatic heterocycles. The minimum atomic E-state index is -0.0671. The van der Waals surface area contributed by atoms with Crippen molar-refractivity contribution in [2.75, 3.05) is 7.05 Å². The number of aryl methyl sites for hydroxylation is 1. The molecule has 1 heterocycles. The number of aromatic nitrogens is 2. The van der Waals surface area contributed by atoms with Gasteiger partial charge in [0.25, 0.3) is 5.91 Å². The molecule has 2 N–H and O–H groups in total. The van der Waals surface area contributed by atoms with E-state index in [1.165, 1.54) is 0 Å². The molecule has 0 atom stereocenters. The molecule has 0 fully saturated rings. The van der Waals surface area contributed by atoms with Crippen molar-refractivity contribution in [3.05, 3.63) is 53.6 Å². The van der Waals surface area contributed by atoms with E-state index >= 15 is 0 Å². The minimum Gasteiger partial charge on any atom is -0.389 e. The van der Waals surface area contributed by atoms with Crippen LogP contribution in [-0.2, 0) is 13.6 Å². The standard InChI is InChI=1S/C14H16N4OS/c1-17-8-7-16-12(17)9-18(2)14(19)11-5-3-10(4-6-11)13(15)20/h3-8H,9H2,1-2H3,(H2,15,20). The third-order valence-electron chi connectivity index (χ3n) is 3.06. The summed E-state index contributed by atoms with van der Waals surface area (Å²) in [5, 5.41) is 0. The quantitative estimate of drug-likeness (QED) is 0.862. The molecule has 0 saturated carbocycles. The Kier molecular flexibility index (Phi) is 4.14. The van der Waals surface area contributed by atoms with Crippen LogP contribution in [0.3, 0.4) is 0 Å². The fourth-order valence-electron chi connectivity index (χ4n) is 1.83. The minimum absolute atomic E-state index is 0.0671. The normalized spacial score (nSPS) is 10.3. The van der Waals surface area contributed by atoms with E-state index in [9.17, 15) is 4.79 Å². The summed E-state index contributed by atoms with van der Waals surface area (Å²) < 4.78 is 1.89. The number of thiocarbonyl (C=S) groups is 1. The van der Waals surface area contributed by atoms with Crippen molar-refractivity contribution in [1.29, 1.82) is 0 Å². The van der Waals surface area contributed by atoms with Crippen molar-refractivity contribution in [2.45, 2.75) is 6.54 Å². The Morgan fingerprint density at radius 2 is 1.95 bits per heavy atom. The largest absolute Gasteiger partial charge is 0.389 e. The molecule has 104 valence electrons. The van der Waals surface area contributed by atoms with Gasteiger partial charge in [-0.25, -0.2) is 4.98 Å². The van der Waals surface area contributed by atoms with Gasteiger partial charge in [-0.15, -0.1) is 0 Å². The number of nitrogens with zero attached hydrogens (tertiary/aromatic N) is 3. The van der Waals surface area contributed by atoms with Gasteiger partial charge in [-0.2, -0.15) is 0 Å². The Morgan fingerprint density at radius 1 is 1.35 bits per heavy atom. The van der Waals surface area contributed by atoms with Gasteiger partial charge in [0, 0.05) is 37.6 Å². The lowest BCUT2D eigenvalue weighted by atomic mass is 10.1. The van der Waals surface area contributed by atoms with Crippen LogP contribution >= 0.6 is 12.2 Å². The van der Waals surface area contributed by atoms with Gasteiger partial charge in [0.2, 0.25) is 0 Å². The molecule has 0 radical (unpaired) electrons. The molecule has 0 aliphatic carbocycles. The van der Waals surface area contributed by atoms with Crippen LogP contribution in [0.2, 0.25) is 0 Å². The van der Waals surface area contributed by atoms with Crippen LogP contribution in [-0.4, -0.2) is 32.4 Å². The van der Waals surface area contributed by atoms with Crippen molar-refractivity contribution < 1.29 is 4.79 Å². The molecule has 0 saturated heterocycles. The summed E-state index contributed by atoms with van der Waals surface area (Å²) in [6.07, 6.45) is 3.56. The maximum Gasteiger partial charge on any atom is 0.254 e. The Bertz CT molecular complexity index is 633. The number of carbonyl (C=O) groups is 1. The number of rotatable bonds is 4. The molecule has 1 aromatic heterocycles. The average molecular weight is 288 g/mol. The summed E-state index contributed by atoms with van der Waals surface area (Å²) in [5.41, 5.74) is 6.88. The number of nitrogens with two attached hydrogens (primary N) is 1. The van der Waals surface area contributed by atoms with Crippen LogP contribution in [0, 0.1) is 0 Å². The Hall–Kier alpha value is -2.21. The smallest absolute Gasteiger partial charge is 0.254 e. The van der Waals surface area contributed by atoms with E-state index in [0.29, 0.717) is 17.1 Å². The molecule has 0 aliphatic rings. The van der Waals surface area contributed by atoms with Gasteiger partial charge in [-0.05, 0) is 12.1 Å². The highest BCUT2D eigenvalue weighted by molar-refractivity contribution is 7.80. The number of imidazole rings is 1. The lowest BCUT2D eigenvalue weighted by Crippen LogP contribution is -2.27. The monoisotopic (exact) mass is 288 g/mol. The zero-order valence-corrected chi connectivity index (χ0v) is 12.2. The highest BCUT2D eigenvalue weighted by Crippen LogP contribution is 2.09. The fourth-order valence-corrected chi connectivity index (χ4v) is 1.97. The first kappa shape index (κ1) is 14.2. The van der Waals surface area contributed by atoms with Gasteiger partial charge < -0.3 is 15.2 Å². The maximum atomic E-state index is 12.3. The summed E-state index contributed by atoms with van der Waals surface area (Å²) in [6, 6.07) is 6.96. The summed E-state index contributed by atoms with van der Waals surface area (Å²) in [7, 11) is 3.65. The van der Waals surface area contributed by atoms with Crippen LogP contribution < -0.4 is 5.73 Å². The third-order valence-corrected chi connectivity index (χ3v) is 3.30. The molecular formula is C14H16N4OS. The fraction of sp³-hybridized carbons (Fsp3) is 0.214. The van der Waals surface area contributed by atoms with Crippen LogP contribution in [0.4, 0.5) is 0 Å². The number of hydrogen-bond acceptors (Lipinski definition) is 3. The predicted octanol–water partition coefficient (Wildman–Crippen LogP) is 1.33. The second-order valence-electron chi connectivity index (χ2n) is 4.56. The van der Waals surface area contributed by atoms with Gasteiger partial charge in [-0.3, -0.25) is 4.79 Å². The van der Waals surface area contributed by atoms with E-state index in [-0.39, 0.29) is 5.91 Å². The first-order valence-electron chi connectivity index (χ1n) is 6.10. The van der Waals surface area contributed by atoms with E-state index in [1.807, 2.05) is 17.8 Å². The highest BCUT2D eigenvalue weighted by atomic mass is 32.1. The number of carbonyl (C=O) groups excluding carboxylic acids is 1. The number of amides is 1. The number of benzene rings is 1. The lowest BCUT2D eigenvalue weighted by molar-refractivity contribution is 0.0780. The predicted molar refractivity (Wildman–Crippen MR) is 81.3 cm³/mol. The van der Waals surface area contributed by atoms with E-state index in [0.717, 1.165) is 11.4 Å². The van der Waals surface area contributed by atoms with E-state index in [1.54, 1.807) is 42.4 Å². The Morgan fingerprint density at radius 3 is 2.45 bits per heavy atom. The van der Waals surface area contributed by atoms with Crippen molar-refractivity contribution in [1.82, 2.24) is 14.5 Å². The zero-order valence-electron chi connectivity index (χ0n) is 11.4. The molecule has 20 heavy (non-hydrogen) atoms. The SMILES string of the molecule is CN(Cc1nccn1C)C(=O)c1ccc(C(N)=S)cc1. The zero-order chi connectivity index (χ0) is 14.7. The Balaban J connectivity index is 2.10. The summed E-state index contributed by atoms with van der Waals surface area (Å²) in [6.45, 7) is 0.458. The molecule has 2 rings (SSSR count). The number of hydrogen-bond donors (Lipinski definition) is 1. The van der Waals surface area contributed by atoms with Crippen LogP contribution in [0.1, 0.15) is 21.7 Å².